The summed E-state index contributed by atoms with van der Waals surface area (Å²) in [6.45, 7) is 12.5. The molecule has 0 bridgehead atoms. The number of aryl methyl sites for hydroxylation is 1. The molecule has 35 heavy (non-hydrogen) atoms. The number of anilines is 1. The van der Waals surface area contributed by atoms with Gasteiger partial charge in [-0.1, -0.05) is 76.0 Å². The van der Waals surface area contributed by atoms with Crippen molar-refractivity contribution < 1.29 is 9.59 Å². The molecule has 6 nitrogen and oxygen atoms in total. The van der Waals surface area contributed by atoms with Gasteiger partial charge in [0.2, 0.25) is 5.91 Å². The Morgan fingerprint density at radius 3 is 2.34 bits per heavy atom. The molecule has 8 heteroatoms. The number of aromatic nitrogens is 2. The van der Waals surface area contributed by atoms with Gasteiger partial charge in [-0.25, -0.2) is 4.68 Å². The Kier molecular flexibility index (Phi) is 8.29. The lowest BCUT2D eigenvalue weighted by atomic mass is 9.92. The van der Waals surface area contributed by atoms with Crippen molar-refractivity contribution in [1.82, 2.24) is 14.7 Å². The second-order valence-corrected chi connectivity index (χ2v) is 10.9. The van der Waals surface area contributed by atoms with Crippen LogP contribution in [0.25, 0.3) is 5.69 Å². The number of rotatable bonds is 7. The molecule has 0 aliphatic rings. The summed E-state index contributed by atoms with van der Waals surface area (Å²) < 4.78 is 1.75. The van der Waals surface area contributed by atoms with Crippen molar-refractivity contribution in [3.05, 3.63) is 75.4 Å². The summed E-state index contributed by atoms with van der Waals surface area (Å²) in [5.74, 6) is 0.129. The minimum absolute atomic E-state index is 0.110. The molecule has 186 valence electrons. The van der Waals surface area contributed by atoms with Crippen molar-refractivity contribution in [3.63, 3.8) is 0 Å². The first kappa shape index (κ1) is 26.8. The maximum absolute atomic E-state index is 13.2. The van der Waals surface area contributed by atoms with E-state index < -0.39 is 0 Å². The van der Waals surface area contributed by atoms with Gasteiger partial charge in [-0.2, -0.15) is 5.10 Å². The summed E-state index contributed by atoms with van der Waals surface area (Å²) in [7, 11) is 0. The van der Waals surface area contributed by atoms with Crippen molar-refractivity contribution in [1.29, 1.82) is 0 Å². The average Bonchev–Trinajstić information content (AvgIpc) is 3.18. The Balaban J connectivity index is 1.89. The number of carbonyl (C=O) groups is 2. The lowest BCUT2D eigenvalue weighted by Crippen LogP contribution is -2.40. The van der Waals surface area contributed by atoms with E-state index in [0.717, 1.165) is 16.9 Å². The molecular formula is C27H32Cl2N4O2. The molecule has 3 aromatic rings. The van der Waals surface area contributed by atoms with Crippen molar-refractivity contribution in [2.75, 3.05) is 18.4 Å². The first-order valence-electron chi connectivity index (χ1n) is 11.6. The third-order valence-corrected chi connectivity index (χ3v) is 6.20. The Morgan fingerprint density at radius 2 is 1.74 bits per heavy atom. The molecule has 0 spiro atoms. The number of amides is 2. The predicted molar refractivity (Wildman–Crippen MR) is 143 cm³/mol. The third kappa shape index (κ3) is 6.65. The van der Waals surface area contributed by atoms with Crippen LogP contribution in [0.15, 0.2) is 48.5 Å². The van der Waals surface area contributed by atoms with Gasteiger partial charge >= 0.3 is 0 Å². The second-order valence-electron chi connectivity index (χ2n) is 10.1. The van der Waals surface area contributed by atoms with Gasteiger partial charge < -0.3 is 10.2 Å². The van der Waals surface area contributed by atoms with E-state index in [9.17, 15) is 9.59 Å². The quantitative estimate of drug-likeness (QED) is 0.390. The van der Waals surface area contributed by atoms with Crippen LogP contribution in [0.5, 0.6) is 0 Å². The molecule has 1 aromatic heterocycles. The van der Waals surface area contributed by atoms with Crippen molar-refractivity contribution in [3.8, 4) is 5.69 Å². The van der Waals surface area contributed by atoms with Gasteiger partial charge in [-0.05, 0) is 42.7 Å². The van der Waals surface area contributed by atoms with Crippen LogP contribution in [0.2, 0.25) is 10.0 Å². The molecule has 2 aromatic carbocycles. The van der Waals surface area contributed by atoms with E-state index in [4.69, 9.17) is 28.3 Å². The SMILES string of the molecule is Cc1ccccc1-n1nc(C(C)(C)C)cc1NC(=O)CN(CC(C)C)C(=O)c1ccc(Cl)c(Cl)c1. The second kappa shape index (κ2) is 10.8. The number of hydrogen-bond acceptors (Lipinski definition) is 3. The molecule has 0 saturated heterocycles. The monoisotopic (exact) mass is 514 g/mol. The van der Waals surface area contributed by atoms with Crippen LogP contribution in [0.3, 0.4) is 0 Å². The molecule has 0 saturated carbocycles. The highest BCUT2D eigenvalue weighted by Gasteiger charge is 2.24. The number of hydrogen-bond donors (Lipinski definition) is 1. The highest BCUT2D eigenvalue weighted by atomic mass is 35.5. The molecule has 0 aliphatic heterocycles. The van der Waals surface area contributed by atoms with E-state index in [1.165, 1.54) is 11.0 Å². The van der Waals surface area contributed by atoms with Gasteiger partial charge in [-0.3, -0.25) is 9.59 Å². The average molecular weight is 515 g/mol. The molecule has 2 amide bonds. The minimum Gasteiger partial charge on any atom is -0.329 e. The maximum atomic E-state index is 13.2. The van der Waals surface area contributed by atoms with E-state index in [2.05, 4.69) is 26.1 Å². The number of nitrogens with zero attached hydrogens (tertiary/aromatic N) is 3. The minimum atomic E-state index is -0.311. The summed E-state index contributed by atoms with van der Waals surface area (Å²) in [4.78, 5) is 27.9. The molecular weight excluding hydrogens is 483 g/mol. The summed E-state index contributed by atoms with van der Waals surface area (Å²) in [5, 5.41) is 8.43. The van der Waals surface area contributed by atoms with Gasteiger partial charge in [0.05, 0.1) is 21.4 Å². The molecule has 0 fully saturated rings. The molecule has 0 unspecified atom stereocenters. The molecule has 0 radical (unpaired) electrons. The van der Waals surface area contributed by atoms with Crippen LogP contribution < -0.4 is 5.32 Å². The van der Waals surface area contributed by atoms with Crippen LogP contribution in [-0.2, 0) is 10.2 Å². The van der Waals surface area contributed by atoms with E-state index in [-0.39, 0.29) is 29.7 Å². The fourth-order valence-electron chi connectivity index (χ4n) is 3.65. The van der Waals surface area contributed by atoms with E-state index >= 15 is 0 Å². The maximum Gasteiger partial charge on any atom is 0.254 e. The van der Waals surface area contributed by atoms with Gasteiger partial charge in [0.25, 0.3) is 5.91 Å². The molecule has 3 rings (SSSR count). The van der Waals surface area contributed by atoms with Crippen LogP contribution in [0.4, 0.5) is 5.82 Å². The third-order valence-electron chi connectivity index (χ3n) is 5.46. The Bertz CT molecular complexity index is 1230. The van der Waals surface area contributed by atoms with E-state index in [1.54, 1.807) is 16.8 Å². The normalized spacial score (nSPS) is 11.6. The Hall–Kier alpha value is -2.83. The summed E-state index contributed by atoms with van der Waals surface area (Å²) >= 11 is 12.1. The molecule has 0 aliphatic carbocycles. The molecule has 1 heterocycles. The summed E-state index contributed by atoms with van der Waals surface area (Å²) in [5.41, 5.74) is 2.93. The highest BCUT2D eigenvalue weighted by molar-refractivity contribution is 6.42. The van der Waals surface area contributed by atoms with E-state index in [0.29, 0.717) is 28.0 Å². The lowest BCUT2D eigenvalue weighted by Gasteiger charge is -2.24. The number of halogens is 2. The predicted octanol–water partition coefficient (Wildman–Crippen LogP) is 6.52. The number of nitrogens with one attached hydrogen (secondary N) is 1. The lowest BCUT2D eigenvalue weighted by molar-refractivity contribution is -0.117. The van der Waals surface area contributed by atoms with Crippen LogP contribution >= 0.6 is 23.2 Å². The van der Waals surface area contributed by atoms with Crippen LogP contribution in [0.1, 0.15) is 56.2 Å². The van der Waals surface area contributed by atoms with Gasteiger partial charge in [0.1, 0.15) is 12.4 Å². The number of para-hydroxylation sites is 1. The molecule has 1 N–H and O–H groups in total. The van der Waals surface area contributed by atoms with Crippen molar-refractivity contribution >= 4 is 40.8 Å². The van der Waals surface area contributed by atoms with Gasteiger partial charge in [-0.15, -0.1) is 0 Å². The highest BCUT2D eigenvalue weighted by Crippen LogP contribution is 2.28. The topological polar surface area (TPSA) is 67.2 Å². The van der Waals surface area contributed by atoms with Crippen molar-refractivity contribution in [2.24, 2.45) is 5.92 Å². The number of carbonyl (C=O) groups excluding carboxylic acids is 2. The number of benzene rings is 2. The van der Waals surface area contributed by atoms with Crippen molar-refractivity contribution in [2.45, 2.75) is 47.0 Å². The first-order chi connectivity index (χ1) is 16.4. The Labute approximate surface area is 217 Å². The Morgan fingerprint density at radius 1 is 1.06 bits per heavy atom. The largest absolute Gasteiger partial charge is 0.329 e. The standard InChI is InChI=1S/C27H32Cl2N4O2/c1-17(2)15-32(26(35)19-11-12-20(28)21(29)13-19)16-25(34)30-24-14-23(27(4,5)6)31-33(24)22-10-8-7-9-18(22)3/h7-14,17H,15-16H2,1-6H3,(H,30,34). The zero-order valence-electron chi connectivity index (χ0n) is 21.0. The zero-order valence-corrected chi connectivity index (χ0v) is 22.5. The zero-order chi connectivity index (χ0) is 25.9. The molecule has 0 atom stereocenters. The van der Waals surface area contributed by atoms with Gasteiger partial charge in [0.15, 0.2) is 0 Å². The van der Waals surface area contributed by atoms with Gasteiger partial charge in [0, 0.05) is 23.6 Å². The van der Waals surface area contributed by atoms with Crippen LogP contribution in [-0.4, -0.2) is 39.6 Å². The first-order valence-corrected chi connectivity index (χ1v) is 12.3. The smallest absolute Gasteiger partial charge is 0.254 e. The fourth-order valence-corrected chi connectivity index (χ4v) is 3.95. The summed E-state index contributed by atoms with van der Waals surface area (Å²) in [6.07, 6.45) is 0. The van der Waals surface area contributed by atoms with E-state index in [1.807, 2.05) is 51.1 Å². The van der Waals surface area contributed by atoms with Crippen LogP contribution in [0, 0.1) is 12.8 Å². The fraction of sp³-hybridized carbons (Fsp3) is 0.370. The summed E-state index contributed by atoms with van der Waals surface area (Å²) in [6, 6.07) is 14.5.